The van der Waals surface area contributed by atoms with Crippen LogP contribution in [0.1, 0.15) is 18.4 Å². The zero-order valence-electron chi connectivity index (χ0n) is 15.4. The van der Waals surface area contributed by atoms with Crippen LogP contribution in [0.2, 0.25) is 0 Å². The van der Waals surface area contributed by atoms with E-state index in [-0.39, 0.29) is 18.2 Å². The summed E-state index contributed by atoms with van der Waals surface area (Å²) < 4.78 is 16.2. The minimum absolute atomic E-state index is 0.0569. The second-order valence-corrected chi connectivity index (χ2v) is 8.32. The lowest BCUT2D eigenvalue weighted by Crippen LogP contribution is -2.60. The number of ether oxygens (including phenoxy) is 3. The van der Waals surface area contributed by atoms with Crippen LogP contribution in [-0.4, -0.2) is 67.5 Å². The fraction of sp³-hybridized carbons (Fsp3) is 0.550. The number of nitrogens with one attached hydrogen (secondary N) is 1. The standard InChI is InChI=1S/C20H26N2O4S/c23-19(4-2-16-1-3-17-18(13-16)26-15-25-17)21-14-20(5-11-27-12-6-20)22-7-9-24-10-8-22/h1-4,13H,5-12,14-15H2,(H,21,23)/b4-2+. The molecule has 0 atom stereocenters. The van der Waals surface area contributed by atoms with E-state index >= 15 is 0 Å². The Bertz CT molecular complexity index is 697. The number of carbonyl (C=O) groups excluding carboxylic acids is 1. The predicted octanol–water partition coefficient (Wildman–Crippen LogP) is 2.14. The Kier molecular flexibility index (Phi) is 5.90. The van der Waals surface area contributed by atoms with E-state index in [1.54, 1.807) is 6.08 Å². The Labute approximate surface area is 164 Å². The zero-order chi connectivity index (χ0) is 18.5. The third kappa shape index (κ3) is 4.42. The molecule has 146 valence electrons. The fourth-order valence-corrected chi connectivity index (χ4v) is 5.15. The molecule has 1 N–H and O–H groups in total. The maximum absolute atomic E-state index is 12.4. The third-order valence-corrected chi connectivity index (χ3v) is 6.51. The number of hydrogen-bond acceptors (Lipinski definition) is 6. The van der Waals surface area contributed by atoms with Gasteiger partial charge in [0.15, 0.2) is 11.5 Å². The summed E-state index contributed by atoms with van der Waals surface area (Å²) in [5.74, 6) is 3.72. The molecule has 1 aromatic rings. The van der Waals surface area contributed by atoms with Crippen molar-refractivity contribution in [3.8, 4) is 11.5 Å². The molecule has 0 unspecified atom stereocenters. The van der Waals surface area contributed by atoms with Crippen molar-refractivity contribution in [2.75, 3.05) is 51.1 Å². The highest BCUT2D eigenvalue weighted by atomic mass is 32.2. The Balaban J connectivity index is 1.36. The van der Waals surface area contributed by atoms with E-state index in [1.807, 2.05) is 36.0 Å². The second kappa shape index (κ2) is 8.54. The number of thioether (sulfide) groups is 1. The molecule has 4 rings (SSSR count). The molecule has 3 heterocycles. The van der Waals surface area contributed by atoms with Crippen LogP contribution in [0.4, 0.5) is 0 Å². The van der Waals surface area contributed by atoms with Crippen molar-refractivity contribution in [3.63, 3.8) is 0 Å². The molecule has 1 aromatic carbocycles. The second-order valence-electron chi connectivity index (χ2n) is 7.10. The smallest absolute Gasteiger partial charge is 0.244 e. The molecular weight excluding hydrogens is 364 g/mol. The molecule has 0 bridgehead atoms. The first-order valence-corrected chi connectivity index (χ1v) is 10.7. The average molecular weight is 391 g/mol. The molecule has 7 heteroatoms. The highest BCUT2D eigenvalue weighted by Crippen LogP contribution is 2.33. The Morgan fingerprint density at radius 2 is 1.96 bits per heavy atom. The minimum atomic E-state index is -0.0569. The van der Waals surface area contributed by atoms with Gasteiger partial charge in [-0.25, -0.2) is 0 Å². The quantitative estimate of drug-likeness (QED) is 0.778. The Morgan fingerprint density at radius 3 is 2.78 bits per heavy atom. The highest BCUT2D eigenvalue weighted by molar-refractivity contribution is 7.99. The minimum Gasteiger partial charge on any atom is -0.454 e. The van der Waals surface area contributed by atoms with Crippen LogP contribution in [0.25, 0.3) is 6.08 Å². The van der Waals surface area contributed by atoms with Gasteiger partial charge in [0.25, 0.3) is 0 Å². The van der Waals surface area contributed by atoms with E-state index in [4.69, 9.17) is 14.2 Å². The topological polar surface area (TPSA) is 60.0 Å². The molecule has 3 aliphatic heterocycles. The van der Waals surface area contributed by atoms with Crippen molar-refractivity contribution < 1.29 is 19.0 Å². The van der Waals surface area contributed by atoms with Gasteiger partial charge in [0.2, 0.25) is 12.7 Å². The van der Waals surface area contributed by atoms with Crippen molar-refractivity contribution in [2.24, 2.45) is 0 Å². The first-order valence-electron chi connectivity index (χ1n) is 9.51. The van der Waals surface area contributed by atoms with Crippen LogP contribution in [0, 0.1) is 0 Å². The summed E-state index contributed by atoms with van der Waals surface area (Å²) in [5, 5.41) is 3.14. The van der Waals surface area contributed by atoms with Crippen LogP contribution in [-0.2, 0) is 9.53 Å². The van der Waals surface area contributed by atoms with Crippen LogP contribution >= 0.6 is 11.8 Å². The van der Waals surface area contributed by atoms with E-state index in [9.17, 15) is 4.79 Å². The van der Waals surface area contributed by atoms with Crippen molar-refractivity contribution in [1.29, 1.82) is 0 Å². The molecular formula is C20H26N2O4S. The van der Waals surface area contributed by atoms with Gasteiger partial charge in [-0.2, -0.15) is 11.8 Å². The molecule has 2 saturated heterocycles. The van der Waals surface area contributed by atoms with Gasteiger partial charge in [0.05, 0.1) is 13.2 Å². The van der Waals surface area contributed by atoms with E-state index in [0.717, 1.165) is 67.7 Å². The Hall–Kier alpha value is -1.70. The summed E-state index contributed by atoms with van der Waals surface area (Å²) >= 11 is 2.01. The lowest BCUT2D eigenvalue weighted by Gasteiger charge is -2.47. The summed E-state index contributed by atoms with van der Waals surface area (Å²) in [5.41, 5.74) is 0.989. The van der Waals surface area contributed by atoms with Gasteiger partial charge in [0, 0.05) is 31.2 Å². The summed E-state index contributed by atoms with van der Waals surface area (Å²) in [6.45, 7) is 4.42. The van der Waals surface area contributed by atoms with Gasteiger partial charge in [0.1, 0.15) is 0 Å². The molecule has 0 saturated carbocycles. The molecule has 0 spiro atoms. The molecule has 27 heavy (non-hydrogen) atoms. The van der Waals surface area contributed by atoms with Crippen molar-refractivity contribution >= 4 is 23.7 Å². The molecule has 0 radical (unpaired) electrons. The number of morpholine rings is 1. The molecule has 0 aliphatic carbocycles. The largest absolute Gasteiger partial charge is 0.454 e. The number of carbonyl (C=O) groups is 1. The van der Waals surface area contributed by atoms with Gasteiger partial charge < -0.3 is 19.5 Å². The van der Waals surface area contributed by atoms with Gasteiger partial charge in [-0.1, -0.05) is 6.07 Å². The van der Waals surface area contributed by atoms with Gasteiger partial charge in [-0.05, 0) is 48.1 Å². The van der Waals surface area contributed by atoms with E-state index in [2.05, 4.69) is 10.2 Å². The first-order chi connectivity index (χ1) is 13.3. The monoisotopic (exact) mass is 390 g/mol. The van der Waals surface area contributed by atoms with Crippen molar-refractivity contribution in [2.45, 2.75) is 18.4 Å². The van der Waals surface area contributed by atoms with E-state index < -0.39 is 0 Å². The van der Waals surface area contributed by atoms with Crippen LogP contribution < -0.4 is 14.8 Å². The van der Waals surface area contributed by atoms with Crippen LogP contribution in [0.15, 0.2) is 24.3 Å². The number of benzene rings is 1. The van der Waals surface area contributed by atoms with Gasteiger partial charge in [-0.15, -0.1) is 0 Å². The zero-order valence-corrected chi connectivity index (χ0v) is 16.3. The average Bonchev–Trinajstić information content (AvgIpc) is 3.20. The van der Waals surface area contributed by atoms with Crippen molar-refractivity contribution in [1.82, 2.24) is 10.2 Å². The summed E-state index contributed by atoms with van der Waals surface area (Å²) in [6, 6.07) is 5.68. The van der Waals surface area contributed by atoms with Crippen LogP contribution in [0.3, 0.4) is 0 Å². The lowest BCUT2D eigenvalue weighted by molar-refractivity contribution is -0.117. The van der Waals surface area contributed by atoms with Gasteiger partial charge >= 0.3 is 0 Å². The summed E-state index contributed by atoms with van der Waals surface area (Å²) in [6.07, 6.45) is 5.64. The van der Waals surface area contributed by atoms with Gasteiger partial charge in [-0.3, -0.25) is 9.69 Å². The lowest BCUT2D eigenvalue weighted by atomic mass is 9.89. The molecule has 2 fully saturated rings. The highest BCUT2D eigenvalue weighted by Gasteiger charge is 2.38. The molecule has 1 amide bonds. The normalized spacial score (nSPS) is 22.1. The maximum atomic E-state index is 12.4. The fourth-order valence-electron chi connectivity index (χ4n) is 3.89. The van der Waals surface area contributed by atoms with E-state index in [1.165, 1.54) is 0 Å². The number of nitrogens with zero attached hydrogens (tertiary/aromatic N) is 1. The number of hydrogen-bond donors (Lipinski definition) is 1. The van der Waals surface area contributed by atoms with Crippen molar-refractivity contribution in [3.05, 3.63) is 29.8 Å². The number of rotatable bonds is 5. The number of fused-ring (bicyclic) bond motifs is 1. The first kappa shape index (κ1) is 18.7. The predicted molar refractivity (Wildman–Crippen MR) is 106 cm³/mol. The number of amides is 1. The SMILES string of the molecule is O=C(/C=C/c1ccc2c(c1)OCO2)NCC1(N2CCOCC2)CCSCC1. The summed E-state index contributed by atoms with van der Waals surface area (Å²) in [4.78, 5) is 14.9. The molecule has 3 aliphatic rings. The third-order valence-electron chi connectivity index (χ3n) is 5.52. The van der Waals surface area contributed by atoms with Crippen LogP contribution in [0.5, 0.6) is 11.5 Å². The maximum Gasteiger partial charge on any atom is 0.244 e. The Morgan fingerprint density at radius 1 is 1.19 bits per heavy atom. The molecule has 6 nitrogen and oxygen atoms in total. The summed E-state index contributed by atoms with van der Waals surface area (Å²) in [7, 11) is 0. The molecule has 0 aromatic heterocycles. The van der Waals surface area contributed by atoms with E-state index in [0.29, 0.717) is 6.54 Å².